The third kappa shape index (κ3) is 2.25. The Hall–Kier alpha value is -1.58. The maximum Gasteiger partial charge on any atom is 0.335 e. The molecule has 1 fully saturated rings. The van der Waals surface area contributed by atoms with E-state index in [-0.39, 0.29) is 5.54 Å². The van der Waals surface area contributed by atoms with Gasteiger partial charge in [-0.25, -0.2) is 9.78 Å². The van der Waals surface area contributed by atoms with Gasteiger partial charge in [0, 0.05) is 17.8 Å². The molecule has 1 aliphatic heterocycles. The number of carbonyl (C=O) groups is 1. The average Bonchev–Trinajstić information content (AvgIpc) is 2.57. The molecule has 0 aliphatic carbocycles. The summed E-state index contributed by atoms with van der Waals surface area (Å²) in [5, 5.41) is 9.06. The Kier molecular flexibility index (Phi) is 2.81. The fourth-order valence-electron chi connectivity index (χ4n) is 2.44. The number of anilines is 1. The van der Waals surface area contributed by atoms with E-state index in [1.807, 2.05) is 6.92 Å². The van der Waals surface area contributed by atoms with Gasteiger partial charge in [-0.2, -0.15) is 0 Å². The first-order valence-corrected chi connectivity index (χ1v) is 5.90. The Morgan fingerprint density at radius 3 is 2.71 bits per heavy atom. The predicted molar refractivity (Wildman–Crippen MR) is 66.6 cm³/mol. The second kappa shape index (κ2) is 4.02. The van der Waals surface area contributed by atoms with Crippen LogP contribution in [0, 0.1) is 6.92 Å². The van der Waals surface area contributed by atoms with E-state index < -0.39 is 5.97 Å². The lowest BCUT2D eigenvalue weighted by atomic mass is 10.0. The standard InChI is InChI=1S/C13H18N2O2/c1-9-7-10(12(16)17)8-11(14-9)15-6-4-5-13(15,2)3/h7-8H,4-6H2,1-3H3,(H,16,17). The molecule has 0 aromatic carbocycles. The molecule has 2 rings (SSSR count). The fourth-order valence-corrected chi connectivity index (χ4v) is 2.44. The Labute approximate surface area is 101 Å². The molecule has 1 aromatic rings. The van der Waals surface area contributed by atoms with Crippen molar-refractivity contribution < 1.29 is 9.90 Å². The number of aryl methyl sites for hydroxylation is 1. The van der Waals surface area contributed by atoms with Crippen molar-refractivity contribution in [3.63, 3.8) is 0 Å². The molecule has 4 heteroatoms. The van der Waals surface area contributed by atoms with Gasteiger partial charge in [0.2, 0.25) is 0 Å². The van der Waals surface area contributed by atoms with Crippen molar-refractivity contribution in [3.05, 3.63) is 23.4 Å². The number of hydrogen-bond acceptors (Lipinski definition) is 3. The van der Waals surface area contributed by atoms with Crippen LogP contribution in [0.4, 0.5) is 5.82 Å². The summed E-state index contributed by atoms with van der Waals surface area (Å²) in [5.41, 5.74) is 1.13. The Bertz CT molecular complexity index is 455. The van der Waals surface area contributed by atoms with E-state index in [1.54, 1.807) is 12.1 Å². The SMILES string of the molecule is Cc1cc(C(=O)O)cc(N2CCCC2(C)C)n1. The van der Waals surface area contributed by atoms with Gasteiger partial charge in [0.05, 0.1) is 5.56 Å². The zero-order valence-corrected chi connectivity index (χ0v) is 10.5. The average molecular weight is 234 g/mol. The van der Waals surface area contributed by atoms with Gasteiger partial charge in [0.15, 0.2) is 0 Å². The van der Waals surface area contributed by atoms with Crippen LogP contribution in [0.3, 0.4) is 0 Å². The molecule has 4 nitrogen and oxygen atoms in total. The first-order valence-electron chi connectivity index (χ1n) is 5.90. The van der Waals surface area contributed by atoms with E-state index in [2.05, 4.69) is 23.7 Å². The van der Waals surface area contributed by atoms with Crippen molar-refractivity contribution in [3.8, 4) is 0 Å². The molecular formula is C13H18N2O2. The molecule has 17 heavy (non-hydrogen) atoms. The van der Waals surface area contributed by atoms with Gasteiger partial charge >= 0.3 is 5.97 Å². The van der Waals surface area contributed by atoms with Gasteiger partial charge in [0.25, 0.3) is 0 Å². The van der Waals surface area contributed by atoms with Crippen LogP contribution in [0.1, 0.15) is 42.7 Å². The van der Waals surface area contributed by atoms with Crippen LogP contribution in [-0.4, -0.2) is 28.1 Å². The lowest BCUT2D eigenvalue weighted by Gasteiger charge is -2.33. The van der Waals surface area contributed by atoms with E-state index in [4.69, 9.17) is 5.11 Å². The summed E-state index contributed by atoms with van der Waals surface area (Å²) >= 11 is 0. The number of aromatic carboxylic acids is 1. The molecule has 92 valence electrons. The van der Waals surface area contributed by atoms with Crippen LogP contribution in [0.15, 0.2) is 12.1 Å². The van der Waals surface area contributed by atoms with Crippen LogP contribution in [0.25, 0.3) is 0 Å². The normalized spacial score (nSPS) is 18.4. The number of rotatable bonds is 2. The summed E-state index contributed by atoms with van der Waals surface area (Å²) in [4.78, 5) is 17.7. The first kappa shape index (κ1) is 11.9. The molecule has 0 radical (unpaired) electrons. The Balaban J connectivity index is 2.42. The number of carboxylic acid groups (broad SMARTS) is 1. The lowest BCUT2D eigenvalue weighted by molar-refractivity contribution is 0.0696. The predicted octanol–water partition coefficient (Wildman–Crippen LogP) is 2.47. The molecule has 1 N–H and O–H groups in total. The monoisotopic (exact) mass is 234 g/mol. The van der Waals surface area contributed by atoms with Crippen LogP contribution >= 0.6 is 0 Å². The van der Waals surface area contributed by atoms with Crippen molar-refractivity contribution in [1.29, 1.82) is 0 Å². The summed E-state index contributed by atoms with van der Waals surface area (Å²) in [5.74, 6) is -0.112. The highest BCUT2D eigenvalue weighted by atomic mass is 16.4. The van der Waals surface area contributed by atoms with Gasteiger partial charge in [-0.1, -0.05) is 0 Å². The van der Waals surface area contributed by atoms with Crippen molar-refractivity contribution in [2.75, 3.05) is 11.4 Å². The number of hydrogen-bond donors (Lipinski definition) is 1. The molecular weight excluding hydrogens is 216 g/mol. The van der Waals surface area contributed by atoms with E-state index in [1.165, 1.54) is 0 Å². The van der Waals surface area contributed by atoms with Gasteiger partial charge in [0.1, 0.15) is 5.82 Å². The minimum Gasteiger partial charge on any atom is -0.478 e. The second-order valence-corrected chi connectivity index (χ2v) is 5.23. The lowest BCUT2D eigenvalue weighted by Crippen LogP contribution is -2.38. The van der Waals surface area contributed by atoms with Crippen LogP contribution in [-0.2, 0) is 0 Å². The zero-order chi connectivity index (χ0) is 12.6. The summed E-state index contributed by atoms with van der Waals surface area (Å²) < 4.78 is 0. The van der Waals surface area contributed by atoms with E-state index in [9.17, 15) is 4.79 Å². The maximum atomic E-state index is 11.0. The maximum absolute atomic E-state index is 11.0. The van der Waals surface area contributed by atoms with Crippen molar-refractivity contribution in [2.45, 2.75) is 39.2 Å². The third-order valence-electron chi connectivity index (χ3n) is 3.36. The number of pyridine rings is 1. The van der Waals surface area contributed by atoms with Gasteiger partial charge in [-0.3, -0.25) is 0 Å². The summed E-state index contributed by atoms with van der Waals surface area (Å²) in [7, 11) is 0. The van der Waals surface area contributed by atoms with Crippen molar-refractivity contribution >= 4 is 11.8 Å². The summed E-state index contributed by atoms with van der Waals surface area (Å²) in [6.45, 7) is 7.12. The fraction of sp³-hybridized carbons (Fsp3) is 0.538. The summed E-state index contributed by atoms with van der Waals surface area (Å²) in [6.07, 6.45) is 2.25. The molecule has 0 bridgehead atoms. The summed E-state index contributed by atoms with van der Waals surface area (Å²) in [6, 6.07) is 3.28. The van der Waals surface area contributed by atoms with Gasteiger partial charge in [-0.15, -0.1) is 0 Å². The minimum atomic E-state index is -0.895. The smallest absolute Gasteiger partial charge is 0.335 e. The quantitative estimate of drug-likeness (QED) is 0.854. The topological polar surface area (TPSA) is 53.4 Å². The molecule has 0 amide bonds. The Morgan fingerprint density at radius 2 is 2.18 bits per heavy atom. The first-order chi connectivity index (χ1) is 7.90. The highest BCUT2D eigenvalue weighted by Gasteiger charge is 2.33. The molecule has 0 saturated carbocycles. The van der Waals surface area contributed by atoms with Crippen molar-refractivity contribution in [1.82, 2.24) is 4.98 Å². The molecule has 1 saturated heterocycles. The highest BCUT2D eigenvalue weighted by Crippen LogP contribution is 2.32. The molecule has 0 spiro atoms. The third-order valence-corrected chi connectivity index (χ3v) is 3.36. The molecule has 0 unspecified atom stereocenters. The van der Waals surface area contributed by atoms with Crippen molar-refractivity contribution in [2.24, 2.45) is 0 Å². The van der Waals surface area contributed by atoms with Gasteiger partial charge < -0.3 is 10.0 Å². The minimum absolute atomic E-state index is 0.0660. The van der Waals surface area contributed by atoms with E-state index in [0.29, 0.717) is 5.56 Å². The number of aromatic nitrogens is 1. The largest absolute Gasteiger partial charge is 0.478 e. The molecule has 0 atom stereocenters. The number of carboxylic acids is 1. The van der Waals surface area contributed by atoms with Gasteiger partial charge in [-0.05, 0) is 45.7 Å². The Morgan fingerprint density at radius 1 is 1.47 bits per heavy atom. The van der Waals surface area contributed by atoms with Crippen LogP contribution < -0.4 is 4.90 Å². The number of nitrogens with zero attached hydrogens (tertiary/aromatic N) is 2. The van der Waals surface area contributed by atoms with Crippen LogP contribution in [0.2, 0.25) is 0 Å². The van der Waals surface area contributed by atoms with E-state index >= 15 is 0 Å². The second-order valence-electron chi connectivity index (χ2n) is 5.23. The highest BCUT2D eigenvalue weighted by molar-refractivity contribution is 5.88. The molecule has 1 aromatic heterocycles. The zero-order valence-electron chi connectivity index (χ0n) is 10.5. The molecule has 1 aliphatic rings. The molecule has 2 heterocycles. The van der Waals surface area contributed by atoms with Crippen LogP contribution in [0.5, 0.6) is 0 Å². The van der Waals surface area contributed by atoms with E-state index in [0.717, 1.165) is 30.9 Å².